The number of rotatable bonds is 6. The van der Waals surface area contributed by atoms with E-state index in [-0.39, 0.29) is 23.5 Å². The second-order valence-electron chi connectivity index (χ2n) is 6.56. The molecule has 0 bridgehead atoms. The van der Waals surface area contributed by atoms with Gasteiger partial charge in [-0.15, -0.1) is 0 Å². The highest BCUT2D eigenvalue weighted by Crippen LogP contribution is 2.32. The van der Waals surface area contributed by atoms with E-state index in [1.165, 1.54) is 29.2 Å². The zero-order valence-electron chi connectivity index (χ0n) is 16.0. The largest absolute Gasteiger partial charge is 0.506 e. The van der Waals surface area contributed by atoms with Crippen LogP contribution in [0.25, 0.3) is 0 Å². The number of phenols is 1. The van der Waals surface area contributed by atoms with E-state index in [0.717, 1.165) is 0 Å². The quantitative estimate of drug-likeness (QED) is 0.508. The van der Waals surface area contributed by atoms with Gasteiger partial charge < -0.3 is 10.0 Å². The number of aromatic hydroxyl groups is 1. The molecular weight excluding hydrogens is 372 g/mol. The Morgan fingerprint density at radius 3 is 2.41 bits per heavy atom. The number of para-hydroxylation sites is 2. The van der Waals surface area contributed by atoms with Crippen molar-refractivity contribution in [3.05, 3.63) is 88.2 Å². The van der Waals surface area contributed by atoms with Gasteiger partial charge in [0.05, 0.1) is 22.8 Å². The number of nitro benzene ring substituents is 1. The average molecular weight is 392 g/mol. The van der Waals surface area contributed by atoms with Crippen LogP contribution < -0.4 is 9.80 Å². The summed E-state index contributed by atoms with van der Waals surface area (Å²) in [6.45, 7) is 0.0977. The van der Waals surface area contributed by atoms with E-state index in [9.17, 15) is 20.0 Å². The van der Waals surface area contributed by atoms with Crippen LogP contribution in [0.3, 0.4) is 0 Å². The predicted molar refractivity (Wildman–Crippen MR) is 110 cm³/mol. The summed E-state index contributed by atoms with van der Waals surface area (Å²) in [5.74, 6) is -0.554. The lowest BCUT2D eigenvalue weighted by atomic mass is 10.1. The minimum atomic E-state index is -0.519. The third-order valence-electron chi connectivity index (χ3n) is 4.36. The molecule has 3 aromatic rings. The van der Waals surface area contributed by atoms with E-state index in [2.05, 4.69) is 4.98 Å². The molecule has 0 fully saturated rings. The minimum absolute atomic E-state index is 0.0730. The summed E-state index contributed by atoms with van der Waals surface area (Å²) in [5.41, 5.74) is 1.27. The number of nitro groups is 1. The van der Waals surface area contributed by atoms with Crippen molar-refractivity contribution in [1.82, 2.24) is 4.98 Å². The van der Waals surface area contributed by atoms with Crippen LogP contribution in [0.4, 0.5) is 17.1 Å². The third-order valence-corrected chi connectivity index (χ3v) is 4.36. The van der Waals surface area contributed by atoms with Gasteiger partial charge in [-0.3, -0.25) is 24.8 Å². The number of aromatic nitrogens is 1. The number of hydrogen-bond donors (Lipinski definition) is 1. The molecule has 148 valence electrons. The summed E-state index contributed by atoms with van der Waals surface area (Å²) in [4.78, 5) is 31.5. The monoisotopic (exact) mass is 392 g/mol. The van der Waals surface area contributed by atoms with Gasteiger partial charge in [-0.2, -0.15) is 0 Å². The fourth-order valence-corrected chi connectivity index (χ4v) is 2.95. The van der Waals surface area contributed by atoms with Crippen LogP contribution >= 0.6 is 0 Å². The molecule has 0 aliphatic rings. The molecule has 0 aliphatic carbocycles. The Labute approximate surface area is 167 Å². The number of hydrogen-bond acceptors (Lipinski definition) is 6. The fourth-order valence-electron chi connectivity index (χ4n) is 2.95. The Morgan fingerprint density at radius 1 is 1.07 bits per heavy atom. The summed E-state index contributed by atoms with van der Waals surface area (Å²) in [6, 6.07) is 16.1. The van der Waals surface area contributed by atoms with Crippen molar-refractivity contribution in [2.45, 2.75) is 6.54 Å². The lowest BCUT2D eigenvalue weighted by Crippen LogP contribution is -2.31. The first-order chi connectivity index (χ1) is 13.9. The molecule has 8 heteroatoms. The second kappa shape index (κ2) is 8.39. The van der Waals surface area contributed by atoms with Crippen LogP contribution in [0.5, 0.6) is 5.75 Å². The summed E-state index contributed by atoms with van der Waals surface area (Å²) in [6.07, 6.45) is 1.61. The van der Waals surface area contributed by atoms with E-state index in [1.807, 2.05) is 0 Å². The molecule has 2 aromatic carbocycles. The fraction of sp³-hybridized carbons (Fsp3) is 0.143. The first-order valence-electron chi connectivity index (χ1n) is 8.84. The molecule has 3 rings (SSSR count). The Bertz CT molecular complexity index is 1040. The first kappa shape index (κ1) is 19.8. The van der Waals surface area contributed by atoms with E-state index >= 15 is 0 Å². The second-order valence-corrected chi connectivity index (χ2v) is 6.56. The van der Waals surface area contributed by atoms with Crippen molar-refractivity contribution in [2.75, 3.05) is 23.9 Å². The number of amides is 1. The molecule has 1 amide bonds. The smallest absolute Gasteiger partial charge is 0.293 e. The van der Waals surface area contributed by atoms with Crippen molar-refractivity contribution in [2.24, 2.45) is 0 Å². The van der Waals surface area contributed by atoms with E-state index < -0.39 is 10.8 Å². The van der Waals surface area contributed by atoms with Gasteiger partial charge >= 0.3 is 0 Å². The Morgan fingerprint density at radius 2 is 1.79 bits per heavy atom. The van der Waals surface area contributed by atoms with Crippen molar-refractivity contribution in [3.8, 4) is 5.75 Å². The number of anilines is 2. The zero-order chi connectivity index (χ0) is 21.0. The van der Waals surface area contributed by atoms with Gasteiger partial charge in [-0.1, -0.05) is 18.2 Å². The molecule has 1 heterocycles. The van der Waals surface area contributed by atoms with E-state index in [4.69, 9.17) is 0 Å². The van der Waals surface area contributed by atoms with Gasteiger partial charge in [0.25, 0.3) is 11.6 Å². The number of nitrogens with zero attached hydrogens (tertiary/aromatic N) is 4. The number of phenolic OH excluding ortho intramolecular Hbond substituents is 1. The molecule has 0 saturated heterocycles. The van der Waals surface area contributed by atoms with Gasteiger partial charge in [-0.25, -0.2) is 0 Å². The number of carbonyl (C=O) groups is 1. The highest BCUT2D eigenvalue weighted by atomic mass is 16.6. The summed E-state index contributed by atoms with van der Waals surface area (Å²) >= 11 is 0. The molecular formula is C21H20N4O4. The number of pyridine rings is 1. The van der Waals surface area contributed by atoms with Crippen LogP contribution in [0.1, 0.15) is 16.1 Å². The Balaban J connectivity index is 2.06. The highest BCUT2D eigenvalue weighted by molar-refractivity contribution is 6.07. The average Bonchev–Trinajstić information content (AvgIpc) is 2.72. The summed E-state index contributed by atoms with van der Waals surface area (Å²) in [7, 11) is 3.39. The summed E-state index contributed by atoms with van der Waals surface area (Å²) < 4.78 is 0. The SMILES string of the molecule is CN(C)c1ccc(C(=O)N(Cc2ccccn2)c2ccccc2O)cc1[N+](=O)[O-]. The predicted octanol–water partition coefficient (Wildman–Crippen LogP) is 3.61. The van der Waals surface area contributed by atoms with Gasteiger partial charge in [0, 0.05) is 31.9 Å². The third kappa shape index (κ3) is 4.32. The molecule has 0 unspecified atom stereocenters. The van der Waals surface area contributed by atoms with Crippen LogP contribution in [0, 0.1) is 10.1 Å². The Hall–Kier alpha value is -3.94. The molecule has 0 atom stereocenters. The van der Waals surface area contributed by atoms with Gasteiger partial charge in [-0.05, 0) is 36.4 Å². The lowest BCUT2D eigenvalue weighted by molar-refractivity contribution is -0.384. The Kier molecular flexibility index (Phi) is 5.73. The van der Waals surface area contributed by atoms with Gasteiger partial charge in [0.15, 0.2) is 0 Å². The normalized spacial score (nSPS) is 10.4. The van der Waals surface area contributed by atoms with Crippen LogP contribution in [-0.4, -0.2) is 35.0 Å². The summed E-state index contributed by atoms with van der Waals surface area (Å²) in [5, 5.41) is 21.8. The van der Waals surface area contributed by atoms with Crippen LogP contribution in [0.2, 0.25) is 0 Å². The maximum atomic E-state index is 13.3. The maximum Gasteiger partial charge on any atom is 0.293 e. The molecule has 0 spiro atoms. The van der Waals surface area contributed by atoms with Crippen molar-refractivity contribution >= 4 is 23.0 Å². The number of carbonyl (C=O) groups excluding carboxylic acids is 1. The molecule has 0 aliphatic heterocycles. The molecule has 29 heavy (non-hydrogen) atoms. The van der Waals surface area contributed by atoms with E-state index in [1.54, 1.807) is 61.6 Å². The van der Waals surface area contributed by atoms with Gasteiger partial charge in [0.2, 0.25) is 0 Å². The molecule has 8 nitrogen and oxygen atoms in total. The first-order valence-corrected chi connectivity index (χ1v) is 8.84. The van der Waals surface area contributed by atoms with Crippen molar-refractivity contribution in [3.63, 3.8) is 0 Å². The van der Waals surface area contributed by atoms with Crippen LogP contribution in [0.15, 0.2) is 66.9 Å². The lowest BCUT2D eigenvalue weighted by Gasteiger charge is -2.24. The van der Waals surface area contributed by atoms with Crippen molar-refractivity contribution < 1.29 is 14.8 Å². The molecule has 0 radical (unpaired) electrons. The van der Waals surface area contributed by atoms with Gasteiger partial charge in [0.1, 0.15) is 11.4 Å². The number of benzene rings is 2. The topological polar surface area (TPSA) is 99.8 Å². The maximum absolute atomic E-state index is 13.3. The van der Waals surface area contributed by atoms with E-state index in [0.29, 0.717) is 17.1 Å². The van der Waals surface area contributed by atoms with Crippen LogP contribution in [-0.2, 0) is 6.54 Å². The molecule has 0 saturated carbocycles. The minimum Gasteiger partial charge on any atom is -0.506 e. The standard InChI is InChI=1S/C21H20N4O4/c1-23(2)17-11-10-15(13-19(17)25(28)29)21(27)24(14-16-7-5-6-12-22-16)18-8-3-4-9-20(18)26/h3-13,26H,14H2,1-2H3. The molecule has 1 N–H and O–H groups in total. The zero-order valence-corrected chi connectivity index (χ0v) is 16.0. The highest BCUT2D eigenvalue weighted by Gasteiger charge is 2.25. The molecule has 1 aromatic heterocycles. The van der Waals surface area contributed by atoms with Crippen molar-refractivity contribution in [1.29, 1.82) is 0 Å².